The van der Waals surface area contributed by atoms with Crippen molar-refractivity contribution in [3.8, 4) is 10.6 Å². The average molecular weight is 529 g/mol. The molecule has 2 fully saturated rings. The highest BCUT2D eigenvalue weighted by Crippen LogP contribution is 2.39. The smallest absolute Gasteiger partial charge is 0.375 e. The van der Waals surface area contributed by atoms with E-state index in [0.717, 1.165) is 24.2 Å². The molecule has 3 atom stereocenters. The summed E-state index contributed by atoms with van der Waals surface area (Å²) >= 11 is 1.29. The molecule has 2 aliphatic heterocycles. The quantitative estimate of drug-likeness (QED) is 0.399. The van der Waals surface area contributed by atoms with Crippen LogP contribution in [0.2, 0.25) is 0 Å². The lowest BCUT2D eigenvalue weighted by atomic mass is 10.00. The Balaban J connectivity index is 1.24. The summed E-state index contributed by atoms with van der Waals surface area (Å²) in [6.07, 6.45) is 0.872. The molecule has 1 unspecified atom stereocenters. The second-order valence-corrected chi connectivity index (χ2v) is 10.6. The largest absolute Gasteiger partial charge is 0.422 e. The fourth-order valence-electron chi connectivity index (χ4n) is 4.80. The zero-order chi connectivity index (χ0) is 25.9. The first-order valence-corrected chi connectivity index (χ1v) is 12.5. The number of likely N-dealkylation sites (tertiary alicyclic amines) is 1. The number of hydrogen-bond acceptors (Lipinski definition) is 10. The number of hydrogen-bond donors (Lipinski definition) is 2. The van der Waals surface area contributed by atoms with Gasteiger partial charge in [-0.05, 0) is 38.6 Å². The van der Waals surface area contributed by atoms with Crippen LogP contribution in [0.5, 0.6) is 0 Å². The van der Waals surface area contributed by atoms with E-state index in [9.17, 15) is 18.3 Å². The molecule has 0 spiro atoms. The first kappa shape index (κ1) is 23.9. The van der Waals surface area contributed by atoms with E-state index < -0.39 is 17.5 Å². The Morgan fingerprint density at radius 3 is 2.57 bits per heavy atom. The van der Waals surface area contributed by atoms with Crippen LogP contribution < -0.4 is 10.2 Å². The molecule has 4 aromatic rings. The molecule has 0 radical (unpaired) electrons. The molecule has 13 heteroatoms. The molecule has 2 aliphatic rings. The van der Waals surface area contributed by atoms with Crippen LogP contribution >= 0.6 is 11.3 Å². The Bertz CT molecular complexity index is 1470. The standard InChI is InChI=1S/C24H23F3N8OS/c1-23(36,24(25,26)27)18-7-13(3-5-28-18)21-31-16-9-20(30-10-17(16)37-21)32-19-4-6-29-22(33-19)35-12-14-8-15(35)11-34(14)2/h3-7,9-10,14-15,36H,8,11-12H2,1-2H3,(H,29,30,32,33)/t14-,15-,23?/m0/s1. The predicted molar refractivity (Wildman–Crippen MR) is 134 cm³/mol. The van der Waals surface area contributed by atoms with Crippen LogP contribution in [-0.2, 0) is 5.60 Å². The molecule has 4 aromatic heterocycles. The number of piperazine rings is 1. The van der Waals surface area contributed by atoms with Crippen LogP contribution in [0.25, 0.3) is 20.8 Å². The van der Waals surface area contributed by atoms with Crippen molar-refractivity contribution in [1.29, 1.82) is 0 Å². The lowest BCUT2D eigenvalue weighted by molar-refractivity contribution is -0.260. The Morgan fingerprint density at radius 2 is 1.84 bits per heavy atom. The zero-order valence-electron chi connectivity index (χ0n) is 19.9. The Kier molecular flexibility index (Phi) is 5.55. The second-order valence-electron chi connectivity index (χ2n) is 9.56. The average Bonchev–Trinajstić information content (AvgIpc) is 3.57. The fraction of sp³-hybridized carbons (Fsp3) is 0.375. The van der Waals surface area contributed by atoms with Gasteiger partial charge in [0.2, 0.25) is 5.95 Å². The third-order valence-electron chi connectivity index (χ3n) is 7.00. The highest BCUT2D eigenvalue weighted by atomic mass is 32.1. The molecule has 0 saturated carbocycles. The van der Waals surface area contributed by atoms with Crippen LogP contribution in [-0.4, -0.2) is 73.3 Å². The number of nitrogens with zero attached hydrogens (tertiary/aromatic N) is 7. The van der Waals surface area contributed by atoms with Crippen LogP contribution in [0.15, 0.2) is 42.9 Å². The molecule has 2 saturated heterocycles. The summed E-state index contributed by atoms with van der Waals surface area (Å²) in [5.41, 5.74) is -2.50. The van der Waals surface area contributed by atoms with Crippen LogP contribution in [0.3, 0.4) is 0 Å². The molecule has 2 bridgehead atoms. The molecule has 0 aromatic carbocycles. The van der Waals surface area contributed by atoms with Gasteiger partial charge in [-0.3, -0.25) is 9.88 Å². The van der Waals surface area contributed by atoms with Gasteiger partial charge < -0.3 is 15.3 Å². The lowest BCUT2D eigenvalue weighted by Crippen LogP contribution is -2.45. The number of halogens is 3. The topological polar surface area (TPSA) is 103 Å². The van der Waals surface area contributed by atoms with Gasteiger partial charge in [0.05, 0.1) is 15.9 Å². The van der Waals surface area contributed by atoms with Gasteiger partial charge in [0.15, 0.2) is 5.60 Å². The minimum absolute atomic E-state index is 0.418. The van der Waals surface area contributed by atoms with Crippen LogP contribution in [0.1, 0.15) is 19.0 Å². The molecular formula is C24H23F3N8OS. The normalized spacial score (nSPS) is 21.5. The SMILES string of the molecule is CN1C[C@@H]2C[C@H]1CN2c1nccc(Nc2cc3nc(-c4ccnc(C(C)(O)C(F)(F)F)c4)sc3cn2)n1. The van der Waals surface area contributed by atoms with Crippen molar-refractivity contribution in [2.45, 2.75) is 37.2 Å². The van der Waals surface area contributed by atoms with Gasteiger partial charge in [-0.25, -0.2) is 15.0 Å². The van der Waals surface area contributed by atoms with Crippen molar-refractivity contribution < 1.29 is 18.3 Å². The van der Waals surface area contributed by atoms with Crippen LogP contribution in [0.4, 0.5) is 30.8 Å². The van der Waals surface area contributed by atoms with E-state index in [0.29, 0.717) is 52.7 Å². The number of nitrogens with one attached hydrogen (secondary N) is 1. The number of fused-ring (bicyclic) bond motifs is 3. The Morgan fingerprint density at radius 1 is 1.03 bits per heavy atom. The molecular weight excluding hydrogens is 505 g/mol. The van der Waals surface area contributed by atoms with Crippen molar-refractivity contribution in [1.82, 2.24) is 29.8 Å². The molecule has 6 rings (SSSR count). The highest BCUT2D eigenvalue weighted by Gasteiger charge is 2.52. The molecule has 9 nitrogen and oxygen atoms in total. The summed E-state index contributed by atoms with van der Waals surface area (Å²) in [5.74, 6) is 1.83. The van der Waals surface area contributed by atoms with E-state index in [1.165, 1.54) is 23.6 Å². The second kappa shape index (κ2) is 8.57. The van der Waals surface area contributed by atoms with Gasteiger partial charge in [-0.1, -0.05) is 0 Å². The third kappa shape index (κ3) is 4.26. The minimum atomic E-state index is -4.86. The van der Waals surface area contributed by atoms with Crippen molar-refractivity contribution in [2.75, 3.05) is 30.4 Å². The first-order valence-electron chi connectivity index (χ1n) is 11.7. The number of anilines is 3. The Hall–Kier alpha value is -3.42. The summed E-state index contributed by atoms with van der Waals surface area (Å²) in [6.45, 7) is 2.60. The number of likely N-dealkylation sites (N-methyl/N-ethyl adjacent to an activating group) is 1. The summed E-state index contributed by atoms with van der Waals surface area (Å²) in [4.78, 5) is 26.5. The molecule has 6 heterocycles. The number of thiazole rings is 1. The van der Waals surface area contributed by atoms with Crippen molar-refractivity contribution >= 4 is 39.1 Å². The van der Waals surface area contributed by atoms with Crippen molar-refractivity contribution in [3.63, 3.8) is 0 Å². The number of rotatable bonds is 5. The van der Waals surface area contributed by atoms with Gasteiger partial charge in [-0.2, -0.15) is 18.2 Å². The van der Waals surface area contributed by atoms with Crippen molar-refractivity contribution in [3.05, 3.63) is 48.5 Å². The summed E-state index contributed by atoms with van der Waals surface area (Å²) in [7, 11) is 2.15. The van der Waals surface area contributed by atoms with E-state index in [1.807, 2.05) is 0 Å². The monoisotopic (exact) mass is 528 g/mol. The molecule has 0 amide bonds. The number of alkyl halides is 3. The number of aromatic nitrogens is 5. The summed E-state index contributed by atoms with van der Waals surface area (Å²) in [5, 5.41) is 13.7. The highest BCUT2D eigenvalue weighted by molar-refractivity contribution is 7.21. The van der Waals surface area contributed by atoms with E-state index >= 15 is 0 Å². The number of pyridine rings is 2. The molecule has 37 heavy (non-hydrogen) atoms. The van der Waals surface area contributed by atoms with Crippen LogP contribution in [0, 0.1) is 0 Å². The fourth-order valence-corrected chi connectivity index (χ4v) is 5.71. The summed E-state index contributed by atoms with van der Waals surface area (Å²) < 4.78 is 40.6. The lowest BCUT2D eigenvalue weighted by Gasteiger charge is -2.31. The van der Waals surface area contributed by atoms with Gasteiger partial charge in [0, 0.05) is 55.4 Å². The summed E-state index contributed by atoms with van der Waals surface area (Å²) in [6, 6.07) is 7.26. The zero-order valence-corrected chi connectivity index (χ0v) is 20.8. The van der Waals surface area contributed by atoms with Crippen molar-refractivity contribution in [2.24, 2.45) is 0 Å². The molecule has 192 valence electrons. The van der Waals surface area contributed by atoms with E-state index in [1.54, 1.807) is 30.6 Å². The maximum Gasteiger partial charge on any atom is 0.422 e. The third-order valence-corrected chi connectivity index (χ3v) is 8.06. The minimum Gasteiger partial charge on any atom is -0.375 e. The molecule has 2 N–H and O–H groups in total. The van der Waals surface area contributed by atoms with Gasteiger partial charge in [-0.15, -0.1) is 11.3 Å². The van der Waals surface area contributed by atoms with E-state index in [2.05, 4.69) is 47.1 Å². The van der Waals surface area contributed by atoms with E-state index in [-0.39, 0.29) is 0 Å². The maximum atomic E-state index is 13.3. The number of aliphatic hydroxyl groups is 1. The predicted octanol–water partition coefficient (Wildman–Crippen LogP) is 3.95. The van der Waals surface area contributed by atoms with E-state index in [4.69, 9.17) is 0 Å². The molecule has 0 aliphatic carbocycles. The van der Waals surface area contributed by atoms with Gasteiger partial charge in [0.1, 0.15) is 16.6 Å². The van der Waals surface area contributed by atoms with Gasteiger partial charge >= 0.3 is 6.18 Å². The first-order chi connectivity index (χ1) is 17.6. The Labute approximate surface area is 214 Å². The van der Waals surface area contributed by atoms with Gasteiger partial charge in [0.25, 0.3) is 0 Å². The maximum absolute atomic E-state index is 13.3.